The summed E-state index contributed by atoms with van der Waals surface area (Å²) in [5.74, 6) is -1.84. The molecule has 15 heavy (non-hydrogen) atoms. The second-order valence-electron chi connectivity index (χ2n) is 4.21. The van der Waals surface area contributed by atoms with Crippen LogP contribution in [0.25, 0.3) is 0 Å². The fourth-order valence-electron chi connectivity index (χ4n) is 2.22. The predicted octanol–water partition coefficient (Wildman–Crippen LogP) is 0.799. The predicted molar refractivity (Wildman–Crippen MR) is 59.0 cm³/mol. The average Bonchev–Trinajstić information content (AvgIpc) is 2.50. The molecule has 1 aromatic carbocycles. The van der Waals surface area contributed by atoms with Crippen LogP contribution in [0.5, 0.6) is 0 Å². The van der Waals surface area contributed by atoms with Gasteiger partial charge in [-0.3, -0.25) is 0 Å². The van der Waals surface area contributed by atoms with E-state index in [2.05, 4.69) is 0 Å². The van der Waals surface area contributed by atoms with Crippen LogP contribution in [0.3, 0.4) is 0 Å². The molecule has 1 atom stereocenters. The molecule has 1 saturated carbocycles. The zero-order chi connectivity index (χ0) is 11.1. The highest BCUT2D eigenvalue weighted by molar-refractivity contribution is 5.64. The summed E-state index contributed by atoms with van der Waals surface area (Å²) in [5.41, 5.74) is 13.2. The minimum atomic E-state index is -1.59. The molecule has 4 heteroatoms. The minimum Gasteiger partial charge on any atom is -0.397 e. The highest BCUT2D eigenvalue weighted by Crippen LogP contribution is 2.41. The number of nitrogens with two attached hydrogens (primary N) is 2. The lowest BCUT2D eigenvalue weighted by Gasteiger charge is -2.24. The summed E-state index contributed by atoms with van der Waals surface area (Å²) >= 11 is 0. The summed E-state index contributed by atoms with van der Waals surface area (Å²) in [5, 5.41) is 19.5. The second kappa shape index (κ2) is 3.40. The van der Waals surface area contributed by atoms with Crippen molar-refractivity contribution in [3.8, 4) is 0 Å². The zero-order valence-electron chi connectivity index (χ0n) is 8.48. The van der Waals surface area contributed by atoms with E-state index in [4.69, 9.17) is 11.5 Å². The molecule has 82 valence electrons. The summed E-state index contributed by atoms with van der Waals surface area (Å²) in [6, 6.07) is 5.24. The molecule has 2 rings (SSSR count). The Balaban J connectivity index is 2.33. The Morgan fingerprint density at radius 2 is 1.93 bits per heavy atom. The SMILES string of the molecule is Nc1ccc([C@H]2CCCC2(O)O)cc1N. The van der Waals surface area contributed by atoms with Gasteiger partial charge >= 0.3 is 0 Å². The number of hydrogen-bond donors (Lipinski definition) is 4. The second-order valence-corrected chi connectivity index (χ2v) is 4.21. The summed E-state index contributed by atoms with van der Waals surface area (Å²) in [7, 11) is 0. The van der Waals surface area contributed by atoms with Crippen LogP contribution in [0.2, 0.25) is 0 Å². The smallest absolute Gasteiger partial charge is 0.169 e. The minimum absolute atomic E-state index is 0.250. The zero-order valence-corrected chi connectivity index (χ0v) is 8.48. The van der Waals surface area contributed by atoms with E-state index in [1.54, 1.807) is 12.1 Å². The molecule has 0 bridgehead atoms. The standard InChI is InChI=1S/C11H16N2O2/c12-9-4-3-7(6-10(9)13)8-2-1-5-11(8,14)15/h3-4,6,8,14-15H,1-2,5,12-13H2/t8-/m1/s1. The van der Waals surface area contributed by atoms with Gasteiger partial charge in [0, 0.05) is 12.3 Å². The van der Waals surface area contributed by atoms with Gasteiger partial charge in [0.2, 0.25) is 0 Å². The number of benzene rings is 1. The van der Waals surface area contributed by atoms with Crippen LogP contribution < -0.4 is 11.5 Å². The topological polar surface area (TPSA) is 92.5 Å². The molecule has 0 amide bonds. The van der Waals surface area contributed by atoms with Gasteiger partial charge in [-0.05, 0) is 30.5 Å². The van der Waals surface area contributed by atoms with Crippen molar-refractivity contribution in [1.82, 2.24) is 0 Å². The molecular formula is C11H16N2O2. The van der Waals surface area contributed by atoms with Crippen LogP contribution in [0, 0.1) is 0 Å². The van der Waals surface area contributed by atoms with Crippen molar-refractivity contribution in [1.29, 1.82) is 0 Å². The molecule has 4 nitrogen and oxygen atoms in total. The quantitative estimate of drug-likeness (QED) is 0.405. The van der Waals surface area contributed by atoms with E-state index < -0.39 is 5.79 Å². The van der Waals surface area contributed by atoms with Crippen molar-refractivity contribution in [3.63, 3.8) is 0 Å². The van der Waals surface area contributed by atoms with Gasteiger partial charge in [-0.2, -0.15) is 0 Å². The Morgan fingerprint density at radius 3 is 2.47 bits per heavy atom. The summed E-state index contributed by atoms with van der Waals surface area (Å²) in [4.78, 5) is 0. The van der Waals surface area contributed by atoms with Crippen LogP contribution in [-0.4, -0.2) is 16.0 Å². The van der Waals surface area contributed by atoms with E-state index in [0.29, 0.717) is 17.8 Å². The summed E-state index contributed by atoms with van der Waals surface area (Å²) in [6.07, 6.45) is 2.01. The van der Waals surface area contributed by atoms with Gasteiger partial charge in [0.05, 0.1) is 11.4 Å². The largest absolute Gasteiger partial charge is 0.397 e. The Bertz CT molecular complexity index is 377. The lowest BCUT2D eigenvalue weighted by molar-refractivity contribution is -0.165. The van der Waals surface area contributed by atoms with Gasteiger partial charge in [-0.25, -0.2) is 0 Å². The normalized spacial score (nSPS) is 24.3. The summed E-state index contributed by atoms with van der Waals surface area (Å²) < 4.78 is 0. The first-order valence-electron chi connectivity index (χ1n) is 5.10. The number of hydrogen-bond acceptors (Lipinski definition) is 4. The Labute approximate surface area is 88.5 Å². The molecule has 1 aliphatic carbocycles. The van der Waals surface area contributed by atoms with E-state index in [1.165, 1.54) is 0 Å². The van der Waals surface area contributed by atoms with Crippen LogP contribution >= 0.6 is 0 Å². The fourth-order valence-corrected chi connectivity index (χ4v) is 2.22. The van der Waals surface area contributed by atoms with Gasteiger partial charge in [0.25, 0.3) is 0 Å². The Kier molecular flexibility index (Phi) is 2.32. The molecular weight excluding hydrogens is 192 g/mol. The molecule has 1 fully saturated rings. The third kappa shape index (κ3) is 1.78. The van der Waals surface area contributed by atoms with Gasteiger partial charge < -0.3 is 21.7 Å². The van der Waals surface area contributed by atoms with Crippen LogP contribution in [0.4, 0.5) is 11.4 Å². The molecule has 0 unspecified atom stereocenters. The molecule has 0 saturated heterocycles. The van der Waals surface area contributed by atoms with E-state index in [9.17, 15) is 10.2 Å². The van der Waals surface area contributed by atoms with Gasteiger partial charge in [0.1, 0.15) is 0 Å². The maximum Gasteiger partial charge on any atom is 0.169 e. The van der Waals surface area contributed by atoms with E-state index in [0.717, 1.165) is 18.4 Å². The van der Waals surface area contributed by atoms with Gasteiger partial charge in [-0.15, -0.1) is 0 Å². The molecule has 0 aromatic heterocycles. The highest BCUT2D eigenvalue weighted by Gasteiger charge is 2.40. The van der Waals surface area contributed by atoms with Crippen LogP contribution in [0.15, 0.2) is 18.2 Å². The number of nitrogen functional groups attached to an aromatic ring is 2. The van der Waals surface area contributed by atoms with E-state index in [1.807, 2.05) is 6.07 Å². The van der Waals surface area contributed by atoms with Crippen molar-refractivity contribution >= 4 is 11.4 Å². The van der Waals surface area contributed by atoms with Crippen molar-refractivity contribution < 1.29 is 10.2 Å². The molecule has 6 N–H and O–H groups in total. The molecule has 0 radical (unpaired) electrons. The third-order valence-corrected chi connectivity index (χ3v) is 3.11. The van der Waals surface area contributed by atoms with Crippen molar-refractivity contribution in [2.75, 3.05) is 11.5 Å². The first-order chi connectivity index (χ1) is 7.00. The highest BCUT2D eigenvalue weighted by atomic mass is 16.5. The molecule has 0 aliphatic heterocycles. The number of aliphatic hydroxyl groups is 2. The first-order valence-corrected chi connectivity index (χ1v) is 5.10. The van der Waals surface area contributed by atoms with E-state index in [-0.39, 0.29) is 5.92 Å². The van der Waals surface area contributed by atoms with Crippen LogP contribution in [0.1, 0.15) is 30.7 Å². The molecule has 1 aromatic rings. The number of anilines is 2. The number of rotatable bonds is 1. The maximum absolute atomic E-state index is 9.75. The fraction of sp³-hybridized carbons (Fsp3) is 0.455. The molecule has 1 aliphatic rings. The molecule has 0 spiro atoms. The maximum atomic E-state index is 9.75. The van der Waals surface area contributed by atoms with Crippen molar-refractivity contribution in [2.24, 2.45) is 0 Å². The van der Waals surface area contributed by atoms with Crippen molar-refractivity contribution in [3.05, 3.63) is 23.8 Å². The van der Waals surface area contributed by atoms with Gasteiger partial charge in [0.15, 0.2) is 5.79 Å². The lowest BCUT2D eigenvalue weighted by Crippen LogP contribution is -2.30. The Morgan fingerprint density at radius 1 is 1.20 bits per heavy atom. The third-order valence-electron chi connectivity index (χ3n) is 3.11. The van der Waals surface area contributed by atoms with E-state index >= 15 is 0 Å². The molecule has 0 heterocycles. The van der Waals surface area contributed by atoms with Crippen LogP contribution in [-0.2, 0) is 0 Å². The Hall–Kier alpha value is -1.26. The monoisotopic (exact) mass is 208 g/mol. The first kappa shape index (κ1) is 10.3. The average molecular weight is 208 g/mol. The van der Waals surface area contributed by atoms with Gasteiger partial charge in [-0.1, -0.05) is 6.07 Å². The van der Waals surface area contributed by atoms with Crippen molar-refractivity contribution in [2.45, 2.75) is 31.0 Å². The summed E-state index contributed by atoms with van der Waals surface area (Å²) in [6.45, 7) is 0. The lowest BCUT2D eigenvalue weighted by atomic mass is 9.92.